The van der Waals surface area contributed by atoms with E-state index in [0.29, 0.717) is 12.3 Å². The molecule has 28 heavy (non-hydrogen) atoms. The predicted molar refractivity (Wildman–Crippen MR) is 111 cm³/mol. The standard InChI is InChI=1S/C22H24ClN3O2/c1-14-11-20(12-15(2)21(14)23)28-16(3)22(27)25-13-18-5-7-19(8-6-18)26-10-9-24-17(26)4/h5-12,16H,13H2,1-4H3,(H,25,27). The van der Waals surface area contributed by atoms with Gasteiger partial charge in [0.2, 0.25) is 0 Å². The van der Waals surface area contributed by atoms with Gasteiger partial charge in [0, 0.05) is 29.6 Å². The Kier molecular flexibility index (Phi) is 6.05. The number of hydrogen-bond acceptors (Lipinski definition) is 3. The third-order valence-electron chi connectivity index (χ3n) is 4.60. The van der Waals surface area contributed by atoms with Crippen LogP contribution in [0.2, 0.25) is 5.02 Å². The van der Waals surface area contributed by atoms with Crippen LogP contribution in [0.3, 0.4) is 0 Å². The SMILES string of the molecule is Cc1cc(OC(C)C(=O)NCc2ccc(-n3ccnc3C)cc2)cc(C)c1Cl. The summed E-state index contributed by atoms with van der Waals surface area (Å²) in [6.07, 6.45) is 3.09. The van der Waals surface area contributed by atoms with Crippen LogP contribution in [0.5, 0.6) is 5.75 Å². The molecule has 0 spiro atoms. The number of nitrogens with zero attached hydrogens (tertiary/aromatic N) is 2. The van der Waals surface area contributed by atoms with Gasteiger partial charge in [-0.2, -0.15) is 0 Å². The minimum absolute atomic E-state index is 0.167. The van der Waals surface area contributed by atoms with Crippen molar-refractivity contribution in [3.05, 3.63) is 76.3 Å². The second kappa shape index (κ2) is 8.48. The van der Waals surface area contributed by atoms with Gasteiger partial charge in [0.05, 0.1) is 0 Å². The van der Waals surface area contributed by atoms with Crippen molar-refractivity contribution in [1.82, 2.24) is 14.9 Å². The normalized spacial score (nSPS) is 11.9. The molecule has 0 aliphatic carbocycles. The number of halogens is 1. The Labute approximate surface area is 170 Å². The molecule has 0 aliphatic rings. The van der Waals surface area contributed by atoms with E-state index in [1.165, 1.54) is 0 Å². The van der Waals surface area contributed by atoms with Crippen molar-refractivity contribution in [3.8, 4) is 11.4 Å². The van der Waals surface area contributed by atoms with Crippen molar-refractivity contribution in [1.29, 1.82) is 0 Å². The zero-order valence-corrected chi connectivity index (χ0v) is 17.2. The first-order valence-electron chi connectivity index (χ1n) is 9.15. The maximum absolute atomic E-state index is 12.4. The van der Waals surface area contributed by atoms with E-state index in [1.54, 1.807) is 13.1 Å². The highest BCUT2D eigenvalue weighted by molar-refractivity contribution is 6.32. The maximum Gasteiger partial charge on any atom is 0.261 e. The third-order valence-corrected chi connectivity index (χ3v) is 5.20. The van der Waals surface area contributed by atoms with Crippen LogP contribution in [0.15, 0.2) is 48.8 Å². The largest absolute Gasteiger partial charge is 0.481 e. The first-order chi connectivity index (χ1) is 13.3. The van der Waals surface area contributed by atoms with Gasteiger partial charge in [0.25, 0.3) is 5.91 Å². The number of imidazole rings is 1. The van der Waals surface area contributed by atoms with Crippen molar-refractivity contribution in [2.75, 3.05) is 0 Å². The van der Waals surface area contributed by atoms with Gasteiger partial charge in [-0.05, 0) is 68.7 Å². The first kappa shape index (κ1) is 20.0. The molecule has 0 saturated heterocycles. The summed E-state index contributed by atoms with van der Waals surface area (Å²) >= 11 is 6.18. The van der Waals surface area contributed by atoms with Gasteiger partial charge in [0.1, 0.15) is 11.6 Å². The minimum Gasteiger partial charge on any atom is -0.481 e. The third kappa shape index (κ3) is 4.54. The Morgan fingerprint density at radius 2 is 1.82 bits per heavy atom. The molecule has 6 heteroatoms. The lowest BCUT2D eigenvalue weighted by atomic mass is 10.1. The fourth-order valence-electron chi connectivity index (χ4n) is 2.99. The summed E-state index contributed by atoms with van der Waals surface area (Å²) in [6, 6.07) is 11.7. The molecule has 0 fully saturated rings. The van der Waals surface area contributed by atoms with Crippen LogP contribution in [0.1, 0.15) is 29.4 Å². The van der Waals surface area contributed by atoms with E-state index in [2.05, 4.69) is 10.3 Å². The predicted octanol–water partition coefficient (Wildman–Crippen LogP) is 4.53. The molecule has 0 aliphatic heterocycles. The van der Waals surface area contributed by atoms with E-state index >= 15 is 0 Å². The lowest BCUT2D eigenvalue weighted by Gasteiger charge is -2.16. The summed E-state index contributed by atoms with van der Waals surface area (Å²) in [5.41, 5.74) is 3.91. The van der Waals surface area contributed by atoms with Crippen molar-refractivity contribution >= 4 is 17.5 Å². The van der Waals surface area contributed by atoms with Crippen LogP contribution < -0.4 is 10.1 Å². The highest BCUT2D eigenvalue weighted by Gasteiger charge is 2.15. The van der Waals surface area contributed by atoms with Crippen molar-refractivity contribution in [3.63, 3.8) is 0 Å². The number of carbonyl (C=O) groups excluding carboxylic acids is 1. The topological polar surface area (TPSA) is 56.1 Å². The quantitative estimate of drug-likeness (QED) is 0.664. The Hall–Kier alpha value is -2.79. The molecule has 1 N–H and O–H groups in total. The van der Waals surface area contributed by atoms with Gasteiger partial charge in [-0.3, -0.25) is 4.79 Å². The minimum atomic E-state index is -0.604. The van der Waals surface area contributed by atoms with Crippen molar-refractivity contribution in [2.45, 2.75) is 40.3 Å². The number of amides is 1. The van der Waals surface area contributed by atoms with Crippen molar-refractivity contribution < 1.29 is 9.53 Å². The number of rotatable bonds is 6. The summed E-state index contributed by atoms with van der Waals surface area (Å²) in [5, 5.41) is 3.64. The lowest BCUT2D eigenvalue weighted by molar-refractivity contribution is -0.127. The van der Waals surface area contributed by atoms with Gasteiger partial charge in [-0.15, -0.1) is 0 Å². The molecule has 0 bridgehead atoms. The van der Waals surface area contributed by atoms with Crippen LogP contribution in [-0.4, -0.2) is 21.6 Å². The van der Waals surface area contributed by atoms with Gasteiger partial charge in [0.15, 0.2) is 6.10 Å². The molecule has 1 amide bonds. The zero-order valence-electron chi connectivity index (χ0n) is 16.5. The van der Waals surface area contributed by atoms with Gasteiger partial charge in [-0.25, -0.2) is 4.98 Å². The highest BCUT2D eigenvalue weighted by Crippen LogP contribution is 2.26. The Morgan fingerprint density at radius 1 is 1.18 bits per heavy atom. The van der Waals surface area contributed by atoms with Crippen molar-refractivity contribution in [2.24, 2.45) is 0 Å². The van der Waals surface area contributed by atoms with E-state index in [1.807, 2.05) is 67.9 Å². The smallest absolute Gasteiger partial charge is 0.261 e. The summed E-state index contributed by atoms with van der Waals surface area (Å²) in [5.74, 6) is 1.40. The van der Waals surface area contributed by atoms with E-state index in [4.69, 9.17) is 16.3 Å². The summed E-state index contributed by atoms with van der Waals surface area (Å²) in [7, 11) is 0. The molecule has 146 valence electrons. The molecular formula is C22H24ClN3O2. The Balaban J connectivity index is 1.57. The molecule has 2 aromatic carbocycles. The van der Waals surface area contributed by atoms with Gasteiger partial charge >= 0.3 is 0 Å². The summed E-state index contributed by atoms with van der Waals surface area (Å²) in [4.78, 5) is 16.6. The summed E-state index contributed by atoms with van der Waals surface area (Å²) < 4.78 is 7.79. The number of hydrogen-bond donors (Lipinski definition) is 1. The average Bonchev–Trinajstić information content (AvgIpc) is 3.10. The average molecular weight is 398 g/mol. The van der Waals surface area contributed by atoms with Gasteiger partial charge < -0.3 is 14.6 Å². The van der Waals surface area contributed by atoms with E-state index in [9.17, 15) is 4.79 Å². The molecule has 3 rings (SSSR count). The number of carbonyl (C=O) groups is 1. The van der Waals surface area contributed by atoms with Crippen LogP contribution in [0, 0.1) is 20.8 Å². The van der Waals surface area contributed by atoms with E-state index in [-0.39, 0.29) is 5.91 Å². The van der Waals surface area contributed by atoms with Crippen LogP contribution >= 0.6 is 11.6 Å². The number of nitrogens with one attached hydrogen (secondary N) is 1. The number of ether oxygens (including phenoxy) is 1. The maximum atomic E-state index is 12.4. The Bertz CT molecular complexity index is 957. The van der Waals surface area contributed by atoms with E-state index in [0.717, 1.165) is 33.2 Å². The monoisotopic (exact) mass is 397 g/mol. The molecule has 0 radical (unpaired) electrons. The van der Waals surface area contributed by atoms with Crippen LogP contribution in [-0.2, 0) is 11.3 Å². The van der Waals surface area contributed by atoms with Crippen LogP contribution in [0.4, 0.5) is 0 Å². The lowest BCUT2D eigenvalue weighted by Crippen LogP contribution is -2.35. The zero-order chi connectivity index (χ0) is 20.3. The summed E-state index contributed by atoms with van der Waals surface area (Å²) in [6.45, 7) is 7.97. The van der Waals surface area contributed by atoms with E-state index < -0.39 is 6.10 Å². The molecule has 1 heterocycles. The number of aryl methyl sites for hydroxylation is 3. The Morgan fingerprint density at radius 3 is 2.39 bits per heavy atom. The molecular weight excluding hydrogens is 374 g/mol. The fraction of sp³-hybridized carbons (Fsp3) is 0.273. The molecule has 1 unspecified atom stereocenters. The van der Waals surface area contributed by atoms with Crippen LogP contribution in [0.25, 0.3) is 5.69 Å². The second-order valence-electron chi connectivity index (χ2n) is 6.86. The molecule has 3 aromatic rings. The van der Waals surface area contributed by atoms with Gasteiger partial charge in [-0.1, -0.05) is 23.7 Å². The second-order valence-corrected chi connectivity index (χ2v) is 7.24. The molecule has 5 nitrogen and oxygen atoms in total. The number of benzene rings is 2. The molecule has 1 atom stereocenters. The first-order valence-corrected chi connectivity index (χ1v) is 9.53. The highest BCUT2D eigenvalue weighted by atomic mass is 35.5. The fourth-order valence-corrected chi connectivity index (χ4v) is 3.10. The molecule has 0 saturated carbocycles. The molecule has 1 aromatic heterocycles. The number of aromatic nitrogens is 2.